The molecule has 3 aromatic carbocycles. The fourth-order valence-corrected chi connectivity index (χ4v) is 5.93. The molecule has 4 aromatic rings. The highest BCUT2D eigenvalue weighted by Gasteiger charge is 2.52. The molecule has 2 amide bonds. The number of aliphatic carboxylic acids is 1. The lowest BCUT2D eigenvalue weighted by atomic mass is 9.84. The van der Waals surface area contributed by atoms with Crippen LogP contribution in [0.25, 0.3) is 16.6 Å². The van der Waals surface area contributed by atoms with Gasteiger partial charge in [0, 0.05) is 30.2 Å². The average molecular weight is 703 g/mol. The molecule has 0 radical (unpaired) electrons. The summed E-state index contributed by atoms with van der Waals surface area (Å²) in [5.41, 5.74) is 2.29. The third kappa shape index (κ3) is 7.49. The Morgan fingerprint density at radius 3 is 2.37 bits per heavy atom. The van der Waals surface area contributed by atoms with Crippen molar-refractivity contribution in [3.63, 3.8) is 0 Å². The number of nitriles is 2. The van der Waals surface area contributed by atoms with Crippen molar-refractivity contribution >= 4 is 34.4 Å². The van der Waals surface area contributed by atoms with Crippen LogP contribution in [0.2, 0.25) is 0 Å². The highest BCUT2D eigenvalue weighted by Crippen LogP contribution is 2.42. The number of halogens is 3. The second-order valence-corrected chi connectivity index (χ2v) is 12.1. The quantitative estimate of drug-likeness (QED) is 0.267. The summed E-state index contributed by atoms with van der Waals surface area (Å²) in [5.74, 6) is -3.23. The number of amides is 2. The Morgan fingerprint density at radius 2 is 1.73 bits per heavy atom. The molecular formula is C36H33F3N6O6. The molecule has 1 aromatic heterocycles. The molecule has 2 N–H and O–H groups in total. The standard InChI is InChI=1S/C34H32N6O4.C2HF3O2/c1-3-22(2)32(41)37-31-33(42)39(29-13-12-23(19-35)18-30(29)44-34(31)14-16-43-17-15-34)21-26-25-9-5-7-11-28(25)40(38-26)27-10-6-4-8-24(27)20-36;3-2(4,5)1(6)7/h4-13,18,22,31H,3,14-17,21H2,1-2H3,(H,37,41);(H,6,7)/t22-,31-;/m1./s1. The number of carbonyl (C=O) groups excluding carboxylic acids is 2. The first-order valence-electron chi connectivity index (χ1n) is 16.0. The molecule has 2 aliphatic rings. The third-order valence-corrected chi connectivity index (χ3v) is 8.88. The maximum Gasteiger partial charge on any atom is 0.490 e. The van der Waals surface area contributed by atoms with Crippen LogP contribution in [-0.2, 0) is 25.7 Å². The molecule has 12 nitrogen and oxygen atoms in total. The number of fused-ring (bicyclic) bond motifs is 2. The summed E-state index contributed by atoms with van der Waals surface area (Å²) in [4.78, 5) is 38.5. The summed E-state index contributed by atoms with van der Waals surface area (Å²) in [5, 5.41) is 35.4. The van der Waals surface area contributed by atoms with E-state index in [0.29, 0.717) is 66.4 Å². The van der Waals surface area contributed by atoms with Crippen LogP contribution in [0.3, 0.4) is 0 Å². The van der Waals surface area contributed by atoms with Crippen molar-refractivity contribution in [2.24, 2.45) is 5.92 Å². The molecule has 1 spiro atoms. The van der Waals surface area contributed by atoms with Gasteiger partial charge in [0.25, 0.3) is 5.91 Å². The minimum Gasteiger partial charge on any atom is -0.482 e. The molecule has 6 rings (SSSR count). The molecule has 0 bridgehead atoms. The molecule has 1 saturated heterocycles. The summed E-state index contributed by atoms with van der Waals surface area (Å²) in [6.07, 6.45) is -3.69. The fourth-order valence-electron chi connectivity index (χ4n) is 5.93. The summed E-state index contributed by atoms with van der Waals surface area (Å²) in [6, 6.07) is 23.3. The molecule has 2 aliphatic heterocycles. The Bertz CT molecular complexity index is 2040. The van der Waals surface area contributed by atoms with Gasteiger partial charge in [-0.3, -0.25) is 9.59 Å². The number of anilines is 1. The lowest BCUT2D eigenvalue weighted by Crippen LogP contribution is -2.64. The van der Waals surface area contributed by atoms with Crippen molar-refractivity contribution in [2.75, 3.05) is 18.1 Å². The number of benzene rings is 3. The SMILES string of the molecule is CC[C@@H](C)C(=O)N[C@@H]1C(=O)N(Cc2nn(-c3ccccc3C#N)c3ccccc23)c2ccc(C#N)cc2OC12CCOCC2.O=C(O)C(F)(F)F. The average Bonchev–Trinajstić information content (AvgIpc) is 3.46. The van der Waals surface area contributed by atoms with Crippen LogP contribution < -0.4 is 15.0 Å². The van der Waals surface area contributed by atoms with Crippen LogP contribution in [0.1, 0.15) is 49.9 Å². The van der Waals surface area contributed by atoms with Crippen molar-refractivity contribution in [1.29, 1.82) is 10.5 Å². The monoisotopic (exact) mass is 702 g/mol. The molecule has 3 heterocycles. The van der Waals surface area contributed by atoms with Crippen molar-refractivity contribution in [3.8, 4) is 23.6 Å². The van der Waals surface area contributed by atoms with E-state index in [4.69, 9.17) is 24.5 Å². The van der Waals surface area contributed by atoms with Crippen LogP contribution in [0.15, 0.2) is 66.7 Å². The molecule has 1 fully saturated rings. The summed E-state index contributed by atoms with van der Waals surface area (Å²) in [7, 11) is 0. The zero-order chi connectivity index (χ0) is 36.9. The van der Waals surface area contributed by atoms with Gasteiger partial charge in [0.05, 0.1) is 59.5 Å². The van der Waals surface area contributed by atoms with E-state index in [2.05, 4.69) is 17.5 Å². The maximum atomic E-state index is 14.7. The van der Waals surface area contributed by atoms with Gasteiger partial charge in [0.15, 0.2) is 0 Å². The number of aromatic nitrogens is 2. The minimum absolute atomic E-state index is 0.0611. The third-order valence-electron chi connectivity index (χ3n) is 8.88. The predicted octanol–water partition coefficient (Wildman–Crippen LogP) is 5.41. The Balaban J connectivity index is 0.000000654. The number of carboxylic acids is 1. The van der Waals surface area contributed by atoms with E-state index in [-0.39, 0.29) is 24.3 Å². The van der Waals surface area contributed by atoms with Gasteiger partial charge in [-0.1, -0.05) is 44.2 Å². The number of para-hydroxylation sites is 2. The summed E-state index contributed by atoms with van der Waals surface area (Å²) < 4.78 is 45.8. The summed E-state index contributed by atoms with van der Waals surface area (Å²) in [6.45, 7) is 4.55. The van der Waals surface area contributed by atoms with Gasteiger partial charge in [-0.15, -0.1) is 0 Å². The van der Waals surface area contributed by atoms with Gasteiger partial charge in [-0.25, -0.2) is 9.48 Å². The minimum atomic E-state index is -5.08. The smallest absolute Gasteiger partial charge is 0.482 e. The van der Waals surface area contributed by atoms with Crippen molar-refractivity contribution in [2.45, 2.75) is 57.5 Å². The van der Waals surface area contributed by atoms with E-state index in [9.17, 15) is 33.3 Å². The van der Waals surface area contributed by atoms with Crippen LogP contribution >= 0.6 is 0 Å². The zero-order valence-electron chi connectivity index (χ0n) is 27.6. The van der Waals surface area contributed by atoms with Gasteiger partial charge in [0.1, 0.15) is 23.5 Å². The normalized spacial score (nSPS) is 17.1. The molecule has 15 heteroatoms. The number of carboxylic acid groups (broad SMARTS) is 1. The Labute approximate surface area is 290 Å². The van der Waals surface area contributed by atoms with Crippen LogP contribution in [0.4, 0.5) is 18.9 Å². The highest BCUT2D eigenvalue weighted by atomic mass is 19.4. The van der Waals surface area contributed by atoms with E-state index in [1.807, 2.05) is 50.2 Å². The fraction of sp³-hybridized carbons (Fsp3) is 0.333. The van der Waals surface area contributed by atoms with Gasteiger partial charge in [-0.05, 0) is 36.8 Å². The number of carbonyl (C=O) groups is 3. The Kier molecular flexibility index (Phi) is 10.6. The molecule has 2 atom stereocenters. The molecule has 0 aliphatic carbocycles. The highest BCUT2D eigenvalue weighted by molar-refractivity contribution is 6.02. The molecule has 264 valence electrons. The number of nitrogens with zero attached hydrogens (tertiary/aromatic N) is 5. The van der Waals surface area contributed by atoms with E-state index in [1.54, 1.807) is 39.9 Å². The zero-order valence-corrected chi connectivity index (χ0v) is 27.6. The summed E-state index contributed by atoms with van der Waals surface area (Å²) >= 11 is 0. The van der Waals surface area contributed by atoms with Crippen LogP contribution in [-0.4, -0.2) is 63.7 Å². The Morgan fingerprint density at radius 1 is 1.06 bits per heavy atom. The van der Waals surface area contributed by atoms with Crippen molar-refractivity contribution < 1.29 is 42.1 Å². The first-order chi connectivity index (χ1) is 24.3. The molecule has 51 heavy (non-hydrogen) atoms. The van der Waals surface area contributed by atoms with Gasteiger partial charge < -0.3 is 24.8 Å². The van der Waals surface area contributed by atoms with E-state index in [1.165, 1.54) is 0 Å². The van der Waals surface area contributed by atoms with Gasteiger partial charge in [-0.2, -0.15) is 28.8 Å². The largest absolute Gasteiger partial charge is 0.490 e. The number of rotatable bonds is 6. The first kappa shape index (κ1) is 36.4. The van der Waals surface area contributed by atoms with Crippen LogP contribution in [0, 0.1) is 28.6 Å². The van der Waals surface area contributed by atoms with Crippen LogP contribution in [0.5, 0.6) is 5.75 Å². The van der Waals surface area contributed by atoms with Crippen molar-refractivity contribution in [1.82, 2.24) is 15.1 Å². The number of ether oxygens (including phenoxy) is 2. The van der Waals surface area contributed by atoms with E-state index >= 15 is 0 Å². The predicted molar refractivity (Wildman–Crippen MR) is 177 cm³/mol. The van der Waals surface area contributed by atoms with Gasteiger partial charge >= 0.3 is 12.1 Å². The number of nitrogens with one attached hydrogen (secondary N) is 1. The number of hydrogen-bond donors (Lipinski definition) is 2. The second kappa shape index (κ2) is 14.9. The lowest BCUT2D eigenvalue weighted by molar-refractivity contribution is -0.192. The number of alkyl halides is 3. The van der Waals surface area contributed by atoms with E-state index < -0.39 is 23.8 Å². The molecule has 0 saturated carbocycles. The second-order valence-electron chi connectivity index (χ2n) is 12.1. The Hall–Kier alpha value is -5.93. The molecule has 0 unspecified atom stereocenters. The van der Waals surface area contributed by atoms with Gasteiger partial charge in [0.2, 0.25) is 5.91 Å². The topological polar surface area (TPSA) is 171 Å². The maximum absolute atomic E-state index is 14.7. The number of hydrogen-bond acceptors (Lipinski definition) is 8. The van der Waals surface area contributed by atoms with E-state index in [0.717, 1.165) is 10.9 Å². The molecular weight excluding hydrogens is 669 g/mol. The lowest BCUT2D eigenvalue weighted by Gasteiger charge is -2.41. The van der Waals surface area contributed by atoms with Crippen molar-refractivity contribution in [3.05, 3.63) is 83.6 Å². The first-order valence-corrected chi connectivity index (χ1v) is 16.0.